The number of imide groups is 1. The zero-order chi connectivity index (χ0) is 14.4. The molecular formula is C16H18N2O3. The maximum atomic E-state index is 12.2. The molecule has 2 fully saturated rings. The number of fused-ring (bicyclic) bond motifs is 1. The number of hydrogen-bond donors (Lipinski definition) is 1. The monoisotopic (exact) mass is 286 g/mol. The van der Waals surface area contributed by atoms with Gasteiger partial charge >= 0.3 is 6.03 Å². The number of urea groups is 1. The molecule has 0 radical (unpaired) electrons. The second kappa shape index (κ2) is 4.48. The van der Waals surface area contributed by atoms with Crippen LogP contribution >= 0.6 is 0 Å². The molecule has 4 rings (SSSR count). The van der Waals surface area contributed by atoms with Crippen LogP contribution in [0.3, 0.4) is 0 Å². The van der Waals surface area contributed by atoms with Crippen molar-refractivity contribution in [1.82, 2.24) is 10.2 Å². The van der Waals surface area contributed by atoms with Crippen LogP contribution in [-0.2, 0) is 4.79 Å². The fourth-order valence-corrected chi connectivity index (χ4v) is 3.91. The van der Waals surface area contributed by atoms with Gasteiger partial charge in [-0.3, -0.25) is 10.1 Å². The summed E-state index contributed by atoms with van der Waals surface area (Å²) in [7, 11) is 0. The Morgan fingerprint density at radius 2 is 2.00 bits per heavy atom. The molecule has 1 N–H and O–H groups in total. The van der Waals surface area contributed by atoms with E-state index in [4.69, 9.17) is 4.74 Å². The highest BCUT2D eigenvalue weighted by Gasteiger charge is 2.54. The number of amides is 3. The highest BCUT2D eigenvalue weighted by molar-refractivity contribution is 6.07. The van der Waals surface area contributed by atoms with Crippen molar-refractivity contribution in [3.8, 4) is 5.75 Å². The zero-order valence-electron chi connectivity index (χ0n) is 11.8. The number of carbonyl (C=O) groups is 2. The second-order valence-electron chi connectivity index (χ2n) is 6.15. The van der Waals surface area contributed by atoms with Crippen molar-refractivity contribution in [3.05, 3.63) is 29.8 Å². The third kappa shape index (κ3) is 1.76. The van der Waals surface area contributed by atoms with Crippen molar-refractivity contribution in [2.24, 2.45) is 0 Å². The number of nitrogens with zero attached hydrogens (tertiary/aromatic N) is 1. The molecule has 3 amide bonds. The van der Waals surface area contributed by atoms with E-state index < -0.39 is 5.54 Å². The minimum Gasteiger partial charge on any atom is -0.493 e. The van der Waals surface area contributed by atoms with Crippen LogP contribution in [0.2, 0.25) is 0 Å². The first-order valence-electron chi connectivity index (χ1n) is 7.55. The molecular weight excluding hydrogens is 268 g/mol. The highest BCUT2D eigenvalue weighted by atomic mass is 16.5. The molecule has 21 heavy (non-hydrogen) atoms. The van der Waals surface area contributed by atoms with Gasteiger partial charge in [-0.1, -0.05) is 31.0 Å². The molecule has 1 spiro atoms. The summed E-state index contributed by atoms with van der Waals surface area (Å²) in [6, 6.07) is 7.69. The van der Waals surface area contributed by atoms with Crippen molar-refractivity contribution in [2.75, 3.05) is 13.2 Å². The summed E-state index contributed by atoms with van der Waals surface area (Å²) in [5, 5.41) is 2.50. The van der Waals surface area contributed by atoms with Gasteiger partial charge in [0.15, 0.2) is 0 Å². The van der Waals surface area contributed by atoms with Gasteiger partial charge in [-0.25, -0.2) is 4.79 Å². The summed E-state index contributed by atoms with van der Waals surface area (Å²) in [5.74, 6) is 0.932. The van der Waals surface area contributed by atoms with Gasteiger partial charge < -0.3 is 9.64 Å². The van der Waals surface area contributed by atoms with Gasteiger partial charge in [0.25, 0.3) is 5.91 Å². The summed E-state index contributed by atoms with van der Waals surface area (Å²) in [5.41, 5.74) is 0.534. The minimum absolute atomic E-state index is 0.114. The maximum Gasteiger partial charge on any atom is 0.325 e. The fourth-order valence-electron chi connectivity index (χ4n) is 3.91. The maximum absolute atomic E-state index is 12.2. The lowest BCUT2D eigenvalue weighted by atomic mass is 9.93. The van der Waals surface area contributed by atoms with Crippen molar-refractivity contribution < 1.29 is 14.3 Å². The Morgan fingerprint density at radius 3 is 2.81 bits per heavy atom. The van der Waals surface area contributed by atoms with E-state index in [2.05, 4.69) is 5.32 Å². The number of para-hydroxylation sites is 1. The molecule has 2 heterocycles. The van der Waals surface area contributed by atoms with Crippen LogP contribution in [0.5, 0.6) is 5.75 Å². The zero-order valence-corrected chi connectivity index (χ0v) is 11.8. The molecule has 1 atom stereocenters. The molecule has 5 nitrogen and oxygen atoms in total. The molecule has 1 saturated carbocycles. The van der Waals surface area contributed by atoms with Crippen LogP contribution in [0.1, 0.15) is 37.2 Å². The number of carbonyl (C=O) groups excluding carboxylic acids is 2. The lowest BCUT2D eigenvalue weighted by Crippen LogP contribution is -2.49. The molecule has 0 aromatic heterocycles. The largest absolute Gasteiger partial charge is 0.493 e. The van der Waals surface area contributed by atoms with Crippen molar-refractivity contribution in [1.29, 1.82) is 0 Å². The van der Waals surface area contributed by atoms with Crippen LogP contribution in [-0.4, -0.2) is 35.5 Å². The van der Waals surface area contributed by atoms with Crippen LogP contribution in [0.4, 0.5) is 4.79 Å². The Bertz CT molecular complexity index is 607. The minimum atomic E-state index is -0.603. The lowest BCUT2D eigenvalue weighted by Gasteiger charge is -2.33. The van der Waals surface area contributed by atoms with Gasteiger partial charge in [0.2, 0.25) is 0 Å². The Hall–Kier alpha value is -2.04. The molecule has 1 aromatic carbocycles. The molecule has 0 bridgehead atoms. The molecule has 1 unspecified atom stereocenters. The molecule has 2 aliphatic heterocycles. The van der Waals surface area contributed by atoms with Gasteiger partial charge in [-0.15, -0.1) is 0 Å². The first kappa shape index (κ1) is 12.7. The Balaban J connectivity index is 1.62. The number of benzene rings is 1. The fraction of sp³-hybridized carbons (Fsp3) is 0.500. The van der Waals surface area contributed by atoms with Crippen LogP contribution in [0.15, 0.2) is 24.3 Å². The van der Waals surface area contributed by atoms with E-state index in [1.807, 2.05) is 24.3 Å². The van der Waals surface area contributed by atoms with Crippen molar-refractivity contribution in [3.63, 3.8) is 0 Å². The third-order valence-electron chi connectivity index (χ3n) is 5.04. The Kier molecular flexibility index (Phi) is 2.71. The number of nitrogens with one attached hydrogen (secondary N) is 1. The Morgan fingerprint density at radius 1 is 1.24 bits per heavy atom. The highest BCUT2D eigenvalue weighted by Crippen LogP contribution is 2.41. The van der Waals surface area contributed by atoms with Crippen LogP contribution in [0, 0.1) is 0 Å². The van der Waals surface area contributed by atoms with E-state index >= 15 is 0 Å². The topological polar surface area (TPSA) is 58.6 Å². The number of rotatable bonds is 2. The van der Waals surface area contributed by atoms with Gasteiger partial charge in [0, 0.05) is 18.0 Å². The summed E-state index contributed by atoms with van der Waals surface area (Å²) >= 11 is 0. The predicted molar refractivity (Wildman–Crippen MR) is 76.1 cm³/mol. The average molecular weight is 286 g/mol. The van der Waals surface area contributed by atoms with Crippen LogP contribution in [0.25, 0.3) is 0 Å². The molecule has 1 aromatic rings. The normalized spacial score (nSPS) is 26.1. The molecule has 5 heteroatoms. The van der Waals surface area contributed by atoms with E-state index in [-0.39, 0.29) is 17.9 Å². The smallest absolute Gasteiger partial charge is 0.325 e. The molecule has 110 valence electrons. The predicted octanol–water partition coefficient (Wildman–Crippen LogP) is 2.03. The number of hydrogen-bond acceptors (Lipinski definition) is 3. The van der Waals surface area contributed by atoms with E-state index in [0.29, 0.717) is 13.2 Å². The molecule has 3 aliphatic rings. The summed E-state index contributed by atoms with van der Waals surface area (Å²) < 4.78 is 5.69. The van der Waals surface area contributed by atoms with Crippen molar-refractivity contribution >= 4 is 11.9 Å². The van der Waals surface area contributed by atoms with Crippen LogP contribution < -0.4 is 10.1 Å². The summed E-state index contributed by atoms with van der Waals surface area (Å²) in [4.78, 5) is 26.2. The van der Waals surface area contributed by atoms with Gasteiger partial charge in [-0.2, -0.15) is 0 Å². The van der Waals surface area contributed by atoms with E-state index in [9.17, 15) is 9.59 Å². The van der Waals surface area contributed by atoms with E-state index in [0.717, 1.165) is 37.0 Å². The second-order valence-corrected chi connectivity index (χ2v) is 6.15. The first-order chi connectivity index (χ1) is 10.2. The first-order valence-corrected chi connectivity index (χ1v) is 7.55. The van der Waals surface area contributed by atoms with Gasteiger partial charge in [-0.05, 0) is 18.9 Å². The van der Waals surface area contributed by atoms with Gasteiger partial charge in [0.05, 0.1) is 6.61 Å². The average Bonchev–Trinajstić information content (AvgIpc) is 3.17. The number of ether oxygens (including phenoxy) is 1. The third-order valence-corrected chi connectivity index (χ3v) is 5.04. The van der Waals surface area contributed by atoms with Gasteiger partial charge in [0.1, 0.15) is 11.3 Å². The standard InChI is InChI=1S/C16H18N2O3/c19-14-16(7-3-4-8-16)18(15(20)17-14)9-11-10-21-13-6-2-1-5-12(11)13/h1-2,5-6,11H,3-4,7-10H2,(H,17,19,20). The Labute approximate surface area is 123 Å². The summed E-state index contributed by atoms with van der Waals surface area (Å²) in [6.45, 7) is 1.13. The molecule has 1 aliphatic carbocycles. The van der Waals surface area contributed by atoms with E-state index in [1.165, 1.54) is 0 Å². The summed E-state index contributed by atoms with van der Waals surface area (Å²) in [6.07, 6.45) is 3.57. The lowest BCUT2D eigenvalue weighted by molar-refractivity contribution is -0.126. The quantitative estimate of drug-likeness (QED) is 0.846. The molecule has 1 saturated heterocycles. The SMILES string of the molecule is O=C1NC(=O)C2(CCCC2)N1CC1COc2ccccc21. The van der Waals surface area contributed by atoms with E-state index in [1.54, 1.807) is 4.90 Å². The van der Waals surface area contributed by atoms with Crippen molar-refractivity contribution in [2.45, 2.75) is 37.1 Å².